The van der Waals surface area contributed by atoms with Crippen LogP contribution in [-0.4, -0.2) is 79.3 Å². The first-order valence-electron chi connectivity index (χ1n) is 10.6. The first-order valence-corrected chi connectivity index (χ1v) is 10.6. The van der Waals surface area contributed by atoms with Crippen LogP contribution >= 0.6 is 0 Å². The van der Waals surface area contributed by atoms with Gasteiger partial charge in [-0.3, -0.25) is 14.5 Å². The third kappa shape index (κ3) is 6.05. The number of ketones is 1. The van der Waals surface area contributed by atoms with Crippen molar-refractivity contribution in [1.82, 2.24) is 14.7 Å². The van der Waals surface area contributed by atoms with Crippen LogP contribution in [0.25, 0.3) is 0 Å². The lowest BCUT2D eigenvalue weighted by atomic mass is 9.73. The minimum absolute atomic E-state index is 0.299. The summed E-state index contributed by atoms with van der Waals surface area (Å²) in [6.45, 7) is 9.09. The molecular formula is C21H39N3O2. The molecule has 0 N–H and O–H groups in total. The molecule has 0 aromatic rings. The minimum Gasteiger partial charge on any atom is -0.343 e. The number of carbonyl (C=O) groups is 2. The Hall–Kier alpha value is -0.940. The Balaban J connectivity index is 1.92. The van der Waals surface area contributed by atoms with Gasteiger partial charge < -0.3 is 9.80 Å². The van der Waals surface area contributed by atoms with Crippen LogP contribution in [0.4, 0.5) is 0 Å². The highest BCUT2D eigenvalue weighted by molar-refractivity contribution is 5.79. The molecule has 2 fully saturated rings. The molecule has 1 aliphatic carbocycles. The molecule has 5 heteroatoms. The van der Waals surface area contributed by atoms with Gasteiger partial charge in [0.05, 0.1) is 0 Å². The molecule has 0 unspecified atom stereocenters. The van der Waals surface area contributed by atoms with Crippen molar-refractivity contribution in [1.29, 1.82) is 0 Å². The predicted molar refractivity (Wildman–Crippen MR) is 106 cm³/mol. The molecule has 0 bridgehead atoms. The van der Waals surface area contributed by atoms with Crippen molar-refractivity contribution in [2.24, 2.45) is 11.8 Å². The Morgan fingerprint density at radius 3 is 2.65 bits per heavy atom. The highest BCUT2D eigenvalue weighted by Gasteiger charge is 2.39. The minimum atomic E-state index is 0.299. The molecule has 0 aromatic carbocycles. The van der Waals surface area contributed by atoms with E-state index in [1.165, 1.54) is 0 Å². The molecule has 3 atom stereocenters. The maximum absolute atomic E-state index is 12.8. The molecule has 0 spiro atoms. The summed E-state index contributed by atoms with van der Waals surface area (Å²) in [5.74, 6) is 1.60. The summed E-state index contributed by atoms with van der Waals surface area (Å²) in [5.41, 5.74) is 0. The summed E-state index contributed by atoms with van der Waals surface area (Å²) in [4.78, 5) is 31.5. The quantitative estimate of drug-likeness (QED) is 0.630. The lowest BCUT2D eigenvalue weighted by Crippen LogP contribution is -2.52. The van der Waals surface area contributed by atoms with E-state index in [1.54, 1.807) is 0 Å². The number of carbonyl (C=O) groups excluding carboxylic acids is 2. The predicted octanol–water partition coefficient (Wildman–Crippen LogP) is 2.65. The Morgan fingerprint density at radius 1 is 1.23 bits per heavy atom. The first-order chi connectivity index (χ1) is 12.4. The standard InChI is InChI=1S/C21H39N3O2/c1-5-10-24-16-17(13-18-15-19(25)8-9-20(18)24)14-21(26)23(6-2)12-7-11-22(3)4/h17-18,20H,5-16H2,1-4H3/t17-,18-,20-/m1/s1. The van der Waals surface area contributed by atoms with Crippen LogP contribution < -0.4 is 0 Å². The molecule has 1 heterocycles. The van der Waals surface area contributed by atoms with E-state index in [2.05, 4.69) is 37.7 Å². The summed E-state index contributed by atoms with van der Waals surface area (Å²) in [5, 5.41) is 0. The monoisotopic (exact) mass is 365 g/mol. The van der Waals surface area contributed by atoms with E-state index < -0.39 is 0 Å². The third-order valence-electron chi connectivity index (χ3n) is 6.09. The van der Waals surface area contributed by atoms with Crippen molar-refractivity contribution in [3.05, 3.63) is 0 Å². The van der Waals surface area contributed by atoms with Gasteiger partial charge in [-0.15, -0.1) is 0 Å². The molecule has 2 rings (SSSR count). The number of Topliss-reactive ketones (excluding diaryl/α,β-unsaturated/α-hetero) is 1. The van der Waals surface area contributed by atoms with Gasteiger partial charge in [0.15, 0.2) is 0 Å². The topological polar surface area (TPSA) is 43.9 Å². The van der Waals surface area contributed by atoms with Gasteiger partial charge in [0.25, 0.3) is 0 Å². The third-order valence-corrected chi connectivity index (χ3v) is 6.09. The van der Waals surface area contributed by atoms with E-state index in [1.807, 2.05) is 4.90 Å². The average molecular weight is 366 g/mol. The van der Waals surface area contributed by atoms with Crippen LogP contribution in [0.2, 0.25) is 0 Å². The van der Waals surface area contributed by atoms with Crippen molar-refractivity contribution in [3.63, 3.8) is 0 Å². The van der Waals surface area contributed by atoms with Gasteiger partial charge in [-0.25, -0.2) is 0 Å². The number of fused-ring (bicyclic) bond motifs is 1. The zero-order chi connectivity index (χ0) is 19.1. The molecule has 0 aromatic heterocycles. The van der Waals surface area contributed by atoms with Crippen molar-refractivity contribution in [2.75, 3.05) is 46.8 Å². The number of hydrogen-bond donors (Lipinski definition) is 0. The molecule has 150 valence electrons. The van der Waals surface area contributed by atoms with Crippen LogP contribution in [0, 0.1) is 11.8 Å². The Labute approximate surface area is 160 Å². The van der Waals surface area contributed by atoms with Crippen molar-refractivity contribution in [2.45, 2.75) is 64.8 Å². The van der Waals surface area contributed by atoms with Crippen LogP contribution in [0.5, 0.6) is 0 Å². The Kier molecular flexibility index (Phi) is 8.55. The Bertz CT molecular complexity index is 466. The maximum atomic E-state index is 12.8. The van der Waals surface area contributed by atoms with Gasteiger partial charge in [0.2, 0.25) is 5.91 Å². The molecule has 1 amide bonds. The number of piperidine rings is 1. The maximum Gasteiger partial charge on any atom is 0.222 e. The number of amides is 1. The van der Waals surface area contributed by atoms with E-state index in [0.717, 1.165) is 71.2 Å². The average Bonchev–Trinajstić information content (AvgIpc) is 2.58. The SMILES string of the molecule is CCCN1C[C@@H](CC(=O)N(CC)CCCN(C)C)C[C@@H]2CC(=O)CC[C@H]21. The fraction of sp³-hybridized carbons (Fsp3) is 0.905. The first kappa shape index (κ1) is 21.4. The summed E-state index contributed by atoms with van der Waals surface area (Å²) in [7, 11) is 4.15. The molecule has 2 aliphatic rings. The summed E-state index contributed by atoms with van der Waals surface area (Å²) in [6, 6.07) is 0.571. The van der Waals surface area contributed by atoms with Gasteiger partial charge in [0.1, 0.15) is 5.78 Å². The largest absolute Gasteiger partial charge is 0.343 e. The van der Waals surface area contributed by atoms with E-state index in [4.69, 9.17) is 0 Å². The molecule has 1 saturated heterocycles. The fourth-order valence-corrected chi connectivity index (χ4v) is 4.87. The smallest absolute Gasteiger partial charge is 0.222 e. The zero-order valence-electron chi connectivity index (χ0n) is 17.4. The van der Waals surface area contributed by atoms with Crippen LogP contribution in [0.15, 0.2) is 0 Å². The zero-order valence-corrected chi connectivity index (χ0v) is 17.4. The van der Waals surface area contributed by atoms with Crippen molar-refractivity contribution < 1.29 is 9.59 Å². The van der Waals surface area contributed by atoms with E-state index in [0.29, 0.717) is 36.0 Å². The van der Waals surface area contributed by atoms with Gasteiger partial charge in [-0.2, -0.15) is 0 Å². The van der Waals surface area contributed by atoms with E-state index in [-0.39, 0.29) is 0 Å². The lowest BCUT2D eigenvalue weighted by molar-refractivity contribution is -0.133. The van der Waals surface area contributed by atoms with Crippen molar-refractivity contribution >= 4 is 11.7 Å². The Morgan fingerprint density at radius 2 is 2.00 bits per heavy atom. The second-order valence-electron chi connectivity index (χ2n) is 8.54. The number of rotatable bonds is 9. The summed E-state index contributed by atoms with van der Waals surface area (Å²) in [6.07, 6.45) is 6.37. The van der Waals surface area contributed by atoms with Gasteiger partial charge in [-0.05, 0) is 71.6 Å². The normalized spacial score (nSPS) is 26.8. The molecule has 0 radical (unpaired) electrons. The highest BCUT2D eigenvalue weighted by Crippen LogP contribution is 2.37. The number of hydrogen-bond acceptors (Lipinski definition) is 4. The number of likely N-dealkylation sites (tertiary alicyclic amines) is 1. The van der Waals surface area contributed by atoms with E-state index >= 15 is 0 Å². The molecule has 1 saturated carbocycles. The second-order valence-corrected chi connectivity index (χ2v) is 8.54. The molecule has 26 heavy (non-hydrogen) atoms. The molecule has 5 nitrogen and oxygen atoms in total. The van der Waals surface area contributed by atoms with Gasteiger partial charge in [0, 0.05) is 44.9 Å². The van der Waals surface area contributed by atoms with Gasteiger partial charge in [-0.1, -0.05) is 6.92 Å². The molecular weight excluding hydrogens is 326 g/mol. The van der Waals surface area contributed by atoms with Crippen LogP contribution in [0.3, 0.4) is 0 Å². The van der Waals surface area contributed by atoms with Gasteiger partial charge >= 0.3 is 0 Å². The summed E-state index contributed by atoms with van der Waals surface area (Å²) < 4.78 is 0. The van der Waals surface area contributed by atoms with Crippen LogP contribution in [0.1, 0.15) is 58.8 Å². The number of nitrogens with zero attached hydrogens (tertiary/aromatic N) is 3. The highest BCUT2D eigenvalue weighted by atomic mass is 16.2. The molecule has 1 aliphatic heterocycles. The fourth-order valence-electron chi connectivity index (χ4n) is 4.87. The van der Waals surface area contributed by atoms with E-state index in [9.17, 15) is 9.59 Å². The second kappa shape index (κ2) is 10.4. The van der Waals surface area contributed by atoms with Crippen molar-refractivity contribution in [3.8, 4) is 0 Å². The lowest BCUT2D eigenvalue weighted by Gasteiger charge is -2.47. The van der Waals surface area contributed by atoms with Crippen LogP contribution in [-0.2, 0) is 9.59 Å². The summed E-state index contributed by atoms with van der Waals surface area (Å²) >= 11 is 0.